The van der Waals surface area contributed by atoms with E-state index in [2.05, 4.69) is 24.1 Å². The number of carbonyl (C=O) groups excluding carboxylic acids is 2. The Hall–Kier alpha value is -2.01. The summed E-state index contributed by atoms with van der Waals surface area (Å²) in [5.41, 5.74) is 0.394. The van der Waals surface area contributed by atoms with Crippen molar-refractivity contribution in [2.24, 2.45) is 11.3 Å². The van der Waals surface area contributed by atoms with Crippen LogP contribution in [0.15, 0.2) is 29.2 Å². The molecular formula is C22H36N4O5S. The van der Waals surface area contributed by atoms with Gasteiger partial charge in [0, 0.05) is 44.7 Å². The van der Waals surface area contributed by atoms with Gasteiger partial charge in [0.2, 0.25) is 5.91 Å². The van der Waals surface area contributed by atoms with Crippen molar-refractivity contribution in [3.8, 4) is 0 Å². The van der Waals surface area contributed by atoms with Crippen LogP contribution in [0.5, 0.6) is 0 Å². The molecule has 1 aliphatic rings. The van der Waals surface area contributed by atoms with Crippen LogP contribution in [0.25, 0.3) is 0 Å². The number of hydrogen-bond donors (Lipinski definition) is 1. The molecule has 2 amide bonds. The number of hydroxylamine groups is 1. The minimum Gasteiger partial charge on any atom is -0.355 e. The van der Waals surface area contributed by atoms with E-state index in [0.717, 1.165) is 11.0 Å². The van der Waals surface area contributed by atoms with Gasteiger partial charge in [-0.15, -0.1) is 0 Å². The van der Waals surface area contributed by atoms with E-state index in [4.69, 9.17) is 4.84 Å². The highest BCUT2D eigenvalue weighted by atomic mass is 32.2. The van der Waals surface area contributed by atoms with E-state index in [1.807, 2.05) is 14.1 Å². The Balaban J connectivity index is 1.90. The average molecular weight is 469 g/mol. The molecule has 1 aromatic rings. The Labute approximate surface area is 191 Å². The molecule has 10 heteroatoms. The van der Waals surface area contributed by atoms with E-state index in [1.54, 1.807) is 4.90 Å². The van der Waals surface area contributed by atoms with Crippen molar-refractivity contribution in [1.82, 2.24) is 19.6 Å². The van der Waals surface area contributed by atoms with E-state index in [0.29, 0.717) is 38.0 Å². The SMILES string of the molecule is CON(C)S(=O)(=O)c1ccc(C(=O)N2CCC(C(=O)NCC(C)(C)CN(C)C)CC2)cc1. The Morgan fingerprint density at radius 1 is 1.12 bits per heavy atom. The highest BCUT2D eigenvalue weighted by molar-refractivity contribution is 7.89. The number of nitrogens with one attached hydrogen (secondary N) is 1. The van der Waals surface area contributed by atoms with Gasteiger partial charge < -0.3 is 15.1 Å². The van der Waals surface area contributed by atoms with Gasteiger partial charge in [0.1, 0.15) is 0 Å². The molecule has 1 saturated heterocycles. The zero-order valence-corrected chi connectivity index (χ0v) is 20.7. The average Bonchev–Trinajstić information content (AvgIpc) is 2.75. The number of benzene rings is 1. The number of hydrogen-bond acceptors (Lipinski definition) is 6. The van der Waals surface area contributed by atoms with Crippen LogP contribution in [0, 0.1) is 11.3 Å². The van der Waals surface area contributed by atoms with E-state index in [-0.39, 0.29) is 28.0 Å². The molecule has 0 bridgehead atoms. The lowest BCUT2D eigenvalue weighted by molar-refractivity contribution is -0.126. The summed E-state index contributed by atoms with van der Waals surface area (Å²) in [4.78, 5) is 34.0. The van der Waals surface area contributed by atoms with Gasteiger partial charge in [-0.2, -0.15) is 0 Å². The summed E-state index contributed by atoms with van der Waals surface area (Å²) in [6.45, 7) is 6.71. The maximum Gasteiger partial charge on any atom is 0.264 e. The predicted octanol–water partition coefficient (Wildman–Crippen LogP) is 1.42. The third-order valence-corrected chi connectivity index (χ3v) is 7.33. The summed E-state index contributed by atoms with van der Waals surface area (Å²) in [7, 11) is 2.84. The van der Waals surface area contributed by atoms with Gasteiger partial charge in [-0.05, 0) is 56.6 Å². The van der Waals surface area contributed by atoms with Crippen LogP contribution >= 0.6 is 0 Å². The van der Waals surface area contributed by atoms with E-state index >= 15 is 0 Å². The first-order valence-corrected chi connectivity index (χ1v) is 12.2. The smallest absolute Gasteiger partial charge is 0.264 e. The van der Waals surface area contributed by atoms with Crippen LogP contribution in [-0.4, -0.2) is 88.9 Å². The maximum atomic E-state index is 12.8. The molecule has 180 valence electrons. The van der Waals surface area contributed by atoms with Crippen LogP contribution in [0.4, 0.5) is 0 Å². The number of piperidine rings is 1. The lowest BCUT2D eigenvalue weighted by Crippen LogP contribution is -2.46. The number of sulfonamides is 1. The molecular weight excluding hydrogens is 432 g/mol. The van der Waals surface area contributed by atoms with E-state index in [9.17, 15) is 18.0 Å². The Kier molecular flexibility index (Phi) is 8.81. The minimum atomic E-state index is -3.76. The fourth-order valence-corrected chi connectivity index (χ4v) is 4.90. The van der Waals surface area contributed by atoms with Crippen LogP contribution < -0.4 is 5.32 Å². The molecule has 0 aromatic heterocycles. The third-order valence-electron chi connectivity index (χ3n) is 5.63. The summed E-state index contributed by atoms with van der Waals surface area (Å²) < 4.78 is 25.3. The molecule has 9 nitrogen and oxygen atoms in total. The number of likely N-dealkylation sites (tertiary alicyclic amines) is 1. The lowest BCUT2D eigenvalue weighted by Gasteiger charge is -2.33. The zero-order chi connectivity index (χ0) is 24.1. The molecule has 0 radical (unpaired) electrons. The molecule has 0 spiro atoms. The van der Waals surface area contributed by atoms with Crippen molar-refractivity contribution in [3.05, 3.63) is 29.8 Å². The highest BCUT2D eigenvalue weighted by Gasteiger charge is 2.29. The number of rotatable bonds is 9. The van der Waals surface area contributed by atoms with Crippen LogP contribution in [-0.2, 0) is 19.7 Å². The van der Waals surface area contributed by atoms with E-state index in [1.165, 1.54) is 38.4 Å². The molecule has 0 unspecified atom stereocenters. The van der Waals surface area contributed by atoms with Crippen molar-refractivity contribution >= 4 is 21.8 Å². The topological polar surface area (TPSA) is 99.3 Å². The van der Waals surface area contributed by atoms with Crippen molar-refractivity contribution in [1.29, 1.82) is 0 Å². The quantitative estimate of drug-likeness (QED) is 0.551. The number of nitrogens with zero attached hydrogens (tertiary/aromatic N) is 3. The van der Waals surface area contributed by atoms with Crippen LogP contribution in [0.3, 0.4) is 0 Å². The summed E-state index contributed by atoms with van der Waals surface area (Å²) in [6.07, 6.45) is 1.22. The minimum absolute atomic E-state index is 0.0203. The molecule has 1 aliphatic heterocycles. The fraction of sp³-hybridized carbons (Fsp3) is 0.636. The van der Waals surface area contributed by atoms with Gasteiger partial charge in [-0.1, -0.05) is 18.3 Å². The van der Waals surface area contributed by atoms with Gasteiger partial charge in [-0.3, -0.25) is 14.4 Å². The first kappa shape index (κ1) is 26.2. The van der Waals surface area contributed by atoms with Gasteiger partial charge in [0.25, 0.3) is 15.9 Å². The monoisotopic (exact) mass is 468 g/mol. The van der Waals surface area contributed by atoms with Crippen LogP contribution in [0.1, 0.15) is 37.0 Å². The first-order valence-electron chi connectivity index (χ1n) is 10.7. The third kappa shape index (κ3) is 6.74. The van der Waals surface area contributed by atoms with Gasteiger partial charge >= 0.3 is 0 Å². The maximum absolute atomic E-state index is 12.8. The zero-order valence-electron chi connectivity index (χ0n) is 19.9. The first-order chi connectivity index (χ1) is 14.9. The molecule has 0 atom stereocenters. The Morgan fingerprint density at radius 2 is 1.69 bits per heavy atom. The number of carbonyl (C=O) groups is 2. The Morgan fingerprint density at radius 3 is 2.19 bits per heavy atom. The second-order valence-corrected chi connectivity index (χ2v) is 11.2. The van der Waals surface area contributed by atoms with Crippen LogP contribution in [0.2, 0.25) is 0 Å². The molecule has 0 aliphatic carbocycles. The molecule has 0 saturated carbocycles. The fourth-order valence-electron chi connectivity index (χ4n) is 3.93. The molecule has 32 heavy (non-hydrogen) atoms. The molecule has 1 aromatic carbocycles. The summed E-state index contributed by atoms with van der Waals surface area (Å²) in [5, 5.41) is 3.07. The molecule has 1 N–H and O–H groups in total. The van der Waals surface area contributed by atoms with Crippen molar-refractivity contribution in [2.45, 2.75) is 31.6 Å². The molecule has 1 heterocycles. The van der Waals surface area contributed by atoms with Crippen molar-refractivity contribution < 1.29 is 22.8 Å². The van der Waals surface area contributed by atoms with Crippen molar-refractivity contribution in [3.63, 3.8) is 0 Å². The molecule has 1 fully saturated rings. The highest BCUT2D eigenvalue weighted by Crippen LogP contribution is 2.22. The van der Waals surface area contributed by atoms with Crippen molar-refractivity contribution in [2.75, 3.05) is 54.4 Å². The summed E-state index contributed by atoms with van der Waals surface area (Å²) in [5.74, 6) is -0.230. The normalized spacial score (nSPS) is 15.9. The Bertz CT molecular complexity index is 891. The molecule has 2 rings (SSSR count). The van der Waals surface area contributed by atoms with E-state index < -0.39 is 10.0 Å². The summed E-state index contributed by atoms with van der Waals surface area (Å²) in [6, 6.07) is 5.80. The van der Waals surface area contributed by atoms with Gasteiger partial charge in [-0.25, -0.2) is 8.42 Å². The second-order valence-electron chi connectivity index (χ2n) is 9.31. The number of amides is 2. The standard InChI is InChI=1S/C22H36N4O5S/c1-22(2,16-24(3)4)15-23-20(27)17-11-13-26(14-12-17)21(28)18-7-9-19(10-8-18)32(29,30)25(5)31-6/h7-10,17H,11-16H2,1-6H3,(H,23,27). The lowest BCUT2D eigenvalue weighted by atomic mass is 9.91. The van der Waals surface area contributed by atoms with Gasteiger partial charge in [0.15, 0.2) is 0 Å². The second kappa shape index (κ2) is 10.7. The largest absolute Gasteiger partial charge is 0.355 e. The predicted molar refractivity (Wildman–Crippen MR) is 122 cm³/mol. The summed E-state index contributed by atoms with van der Waals surface area (Å²) >= 11 is 0. The van der Waals surface area contributed by atoms with Gasteiger partial charge in [0.05, 0.1) is 12.0 Å².